The Labute approximate surface area is 182 Å². The smallest absolute Gasteiger partial charge is 0.262 e. The lowest BCUT2D eigenvalue weighted by molar-refractivity contribution is -0.118. The first kappa shape index (κ1) is 21.1. The van der Waals surface area contributed by atoms with Crippen LogP contribution >= 0.6 is 0 Å². The molecule has 1 aliphatic rings. The summed E-state index contributed by atoms with van der Waals surface area (Å²) in [4.78, 5) is 29.9. The van der Waals surface area contributed by atoms with Crippen LogP contribution in [0.1, 0.15) is 51.4 Å². The van der Waals surface area contributed by atoms with Crippen molar-refractivity contribution < 1.29 is 9.53 Å². The number of nitrogens with zero attached hydrogens (tertiary/aromatic N) is 2. The molecule has 0 saturated heterocycles. The van der Waals surface area contributed by atoms with E-state index in [0.29, 0.717) is 23.2 Å². The van der Waals surface area contributed by atoms with E-state index in [-0.39, 0.29) is 23.5 Å². The molecule has 1 aliphatic heterocycles. The SMILES string of the molecule is CC(C)(C)c1ccc(NC(=O)COc2ccc3nc4n(c(=O)c3c2)CCCCC4)cc1. The summed E-state index contributed by atoms with van der Waals surface area (Å²) in [6, 6.07) is 13.1. The van der Waals surface area contributed by atoms with Gasteiger partial charge in [0, 0.05) is 18.7 Å². The van der Waals surface area contributed by atoms with Gasteiger partial charge in [0.05, 0.1) is 10.9 Å². The van der Waals surface area contributed by atoms with Crippen molar-refractivity contribution in [1.29, 1.82) is 0 Å². The van der Waals surface area contributed by atoms with Crippen LogP contribution in [-0.2, 0) is 23.2 Å². The molecule has 6 nitrogen and oxygen atoms in total. The van der Waals surface area contributed by atoms with Gasteiger partial charge in [-0.2, -0.15) is 0 Å². The zero-order valence-corrected chi connectivity index (χ0v) is 18.4. The monoisotopic (exact) mass is 419 g/mol. The van der Waals surface area contributed by atoms with Crippen LogP contribution in [0, 0.1) is 0 Å². The van der Waals surface area contributed by atoms with Gasteiger partial charge >= 0.3 is 0 Å². The summed E-state index contributed by atoms with van der Waals surface area (Å²) >= 11 is 0. The predicted octanol–water partition coefficient (Wildman–Crippen LogP) is 4.44. The van der Waals surface area contributed by atoms with Crippen molar-refractivity contribution in [3.63, 3.8) is 0 Å². The molecule has 3 aromatic rings. The van der Waals surface area contributed by atoms with Gasteiger partial charge in [0.25, 0.3) is 11.5 Å². The van der Waals surface area contributed by atoms with Gasteiger partial charge in [-0.05, 0) is 54.2 Å². The number of fused-ring (bicyclic) bond motifs is 2. The lowest BCUT2D eigenvalue weighted by Crippen LogP contribution is -2.24. The Hall–Kier alpha value is -3.15. The molecule has 4 rings (SSSR count). The van der Waals surface area contributed by atoms with Crippen molar-refractivity contribution in [3.8, 4) is 5.75 Å². The average molecular weight is 420 g/mol. The molecule has 0 spiro atoms. The number of anilines is 1. The minimum atomic E-state index is -0.250. The van der Waals surface area contributed by atoms with E-state index < -0.39 is 0 Å². The first-order chi connectivity index (χ1) is 14.8. The average Bonchev–Trinajstić information content (AvgIpc) is 2.98. The lowest BCUT2D eigenvalue weighted by Gasteiger charge is -2.19. The van der Waals surface area contributed by atoms with Crippen LogP contribution in [0.3, 0.4) is 0 Å². The highest BCUT2D eigenvalue weighted by Gasteiger charge is 2.15. The molecule has 0 bridgehead atoms. The van der Waals surface area contributed by atoms with Crippen LogP contribution in [0.25, 0.3) is 10.9 Å². The largest absolute Gasteiger partial charge is 0.484 e. The Kier molecular flexibility index (Phi) is 5.81. The third-order valence-corrected chi connectivity index (χ3v) is 5.69. The Bertz CT molecular complexity index is 1160. The molecule has 1 aromatic heterocycles. The molecule has 0 fully saturated rings. The standard InChI is InChI=1S/C25H29N3O3/c1-25(2,3)17-8-10-18(11-9-17)26-23(29)16-31-19-12-13-21-20(15-19)24(30)28-14-6-4-5-7-22(28)27-21/h8-13,15H,4-7,14,16H2,1-3H3,(H,26,29). The minimum absolute atomic E-state index is 0.0317. The Morgan fingerprint density at radius 1 is 1.10 bits per heavy atom. The third kappa shape index (κ3) is 4.79. The van der Waals surface area contributed by atoms with Crippen LogP contribution in [-0.4, -0.2) is 22.1 Å². The number of nitrogens with one attached hydrogen (secondary N) is 1. The van der Waals surface area contributed by atoms with Crippen molar-refractivity contribution in [3.05, 3.63) is 64.2 Å². The number of carbonyl (C=O) groups is 1. The number of benzene rings is 2. The van der Waals surface area contributed by atoms with Crippen LogP contribution in [0.4, 0.5) is 5.69 Å². The molecule has 1 amide bonds. The molecule has 2 aromatic carbocycles. The Morgan fingerprint density at radius 2 is 1.87 bits per heavy atom. The van der Waals surface area contributed by atoms with Gasteiger partial charge in [0.15, 0.2) is 6.61 Å². The zero-order valence-electron chi connectivity index (χ0n) is 18.4. The molecule has 2 heterocycles. The maximum absolute atomic E-state index is 12.9. The maximum atomic E-state index is 12.9. The van der Waals surface area contributed by atoms with Gasteiger partial charge in [0.1, 0.15) is 11.6 Å². The van der Waals surface area contributed by atoms with Crippen molar-refractivity contribution in [2.24, 2.45) is 0 Å². The van der Waals surface area contributed by atoms with Crippen molar-refractivity contribution >= 4 is 22.5 Å². The summed E-state index contributed by atoms with van der Waals surface area (Å²) in [5.41, 5.74) is 2.64. The number of rotatable bonds is 4. The van der Waals surface area contributed by atoms with Gasteiger partial charge in [-0.25, -0.2) is 4.98 Å². The summed E-state index contributed by atoms with van der Waals surface area (Å²) in [6.45, 7) is 7.02. The Balaban J connectivity index is 1.44. The van der Waals surface area contributed by atoms with E-state index in [1.165, 1.54) is 5.56 Å². The quantitative estimate of drug-likeness (QED) is 0.679. The first-order valence-corrected chi connectivity index (χ1v) is 10.9. The molecule has 31 heavy (non-hydrogen) atoms. The van der Waals surface area contributed by atoms with Gasteiger partial charge in [-0.3, -0.25) is 14.2 Å². The summed E-state index contributed by atoms with van der Waals surface area (Å²) in [7, 11) is 0. The number of carbonyl (C=O) groups excluding carboxylic acids is 1. The van der Waals surface area contributed by atoms with Gasteiger partial charge in [0.2, 0.25) is 0 Å². The van der Waals surface area contributed by atoms with Crippen molar-refractivity contribution in [1.82, 2.24) is 9.55 Å². The van der Waals surface area contributed by atoms with Crippen molar-refractivity contribution in [2.75, 3.05) is 11.9 Å². The second-order valence-corrected chi connectivity index (χ2v) is 9.14. The molecule has 0 atom stereocenters. The molecule has 162 valence electrons. The number of hydrogen-bond donors (Lipinski definition) is 1. The van der Waals surface area contributed by atoms with Crippen LogP contribution in [0.2, 0.25) is 0 Å². The zero-order chi connectivity index (χ0) is 22.0. The minimum Gasteiger partial charge on any atom is -0.484 e. The van der Waals surface area contributed by atoms with Gasteiger partial charge in [-0.1, -0.05) is 39.3 Å². The molecule has 6 heteroatoms. The topological polar surface area (TPSA) is 73.2 Å². The fraction of sp³-hybridized carbons (Fsp3) is 0.400. The summed E-state index contributed by atoms with van der Waals surface area (Å²) in [6.07, 6.45) is 4.00. The van der Waals surface area contributed by atoms with Crippen LogP contribution in [0.15, 0.2) is 47.3 Å². The van der Waals surface area contributed by atoms with E-state index in [2.05, 4.69) is 31.1 Å². The lowest BCUT2D eigenvalue weighted by atomic mass is 9.87. The molecule has 0 saturated carbocycles. The molecular weight excluding hydrogens is 390 g/mol. The summed E-state index contributed by atoms with van der Waals surface area (Å²) in [5.74, 6) is 1.10. The number of aryl methyl sites for hydroxylation is 1. The van der Waals surface area contributed by atoms with E-state index in [9.17, 15) is 9.59 Å². The normalized spacial score (nSPS) is 14.0. The molecule has 1 N–H and O–H groups in total. The van der Waals surface area contributed by atoms with Crippen LogP contribution < -0.4 is 15.6 Å². The summed E-state index contributed by atoms with van der Waals surface area (Å²) in [5, 5.41) is 3.37. The highest BCUT2D eigenvalue weighted by atomic mass is 16.5. The molecule has 0 radical (unpaired) electrons. The number of amides is 1. The summed E-state index contributed by atoms with van der Waals surface area (Å²) < 4.78 is 7.45. The molecule has 0 unspecified atom stereocenters. The number of ether oxygens (including phenoxy) is 1. The highest BCUT2D eigenvalue weighted by Crippen LogP contribution is 2.24. The number of aromatic nitrogens is 2. The van der Waals surface area contributed by atoms with E-state index in [4.69, 9.17) is 4.74 Å². The fourth-order valence-corrected chi connectivity index (χ4v) is 3.89. The highest BCUT2D eigenvalue weighted by molar-refractivity contribution is 5.92. The maximum Gasteiger partial charge on any atom is 0.262 e. The second-order valence-electron chi connectivity index (χ2n) is 9.14. The van der Waals surface area contributed by atoms with Crippen LogP contribution in [0.5, 0.6) is 5.75 Å². The molecule has 0 aliphatic carbocycles. The third-order valence-electron chi connectivity index (χ3n) is 5.69. The van der Waals surface area contributed by atoms with Crippen molar-refractivity contribution in [2.45, 2.75) is 58.4 Å². The van der Waals surface area contributed by atoms with Gasteiger partial charge < -0.3 is 10.1 Å². The van der Waals surface area contributed by atoms with E-state index >= 15 is 0 Å². The predicted molar refractivity (Wildman–Crippen MR) is 123 cm³/mol. The fourth-order valence-electron chi connectivity index (χ4n) is 3.89. The van der Waals surface area contributed by atoms with Gasteiger partial charge in [-0.15, -0.1) is 0 Å². The van der Waals surface area contributed by atoms with E-state index in [1.54, 1.807) is 22.8 Å². The molecular formula is C25H29N3O3. The van der Waals surface area contributed by atoms with E-state index in [1.807, 2.05) is 24.3 Å². The first-order valence-electron chi connectivity index (χ1n) is 10.9. The number of hydrogen-bond acceptors (Lipinski definition) is 4. The second kappa shape index (κ2) is 8.53. The van der Waals surface area contributed by atoms with E-state index in [0.717, 1.165) is 37.2 Å². The Morgan fingerprint density at radius 3 is 2.61 bits per heavy atom.